The minimum absolute atomic E-state index is 0.652. The van der Waals surface area contributed by atoms with E-state index in [0.29, 0.717) is 19.8 Å². The molecule has 1 rings (SSSR count). The first-order valence-electron chi connectivity index (χ1n) is 9.68. The minimum Gasteiger partial charge on any atom is -0.388 e. The summed E-state index contributed by atoms with van der Waals surface area (Å²) in [7, 11) is 3.25. The highest BCUT2D eigenvalue weighted by Gasteiger charge is 2.45. The van der Waals surface area contributed by atoms with Crippen molar-refractivity contribution in [3.05, 3.63) is 41.0 Å². The molecule has 29 heavy (non-hydrogen) atoms. The molecule has 0 unspecified atom stereocenters. The van der Waals surface area contributed by atoms with Crippen molar-refractivity contribution in [2.75, 3.05) is 14.2 Å². The second-order valence-electron chi connectivity index (χ2n) is 7.05. The second-order valence-corrected chi connectivity index (χ2v) is 7.05. The summed E-state index contributed by atoms with van der Waals surface area (Å²) in [4.78, 5) is 0. The van der Waals surface area contributed by atoms with Gasteiger partial charge in [0.2, 0.25) is 0 Å². The molecule has 0 aromatic heterocycles. The van der Waals surface area contributed by atoms with Gasteiger partial charge in [-0.3, -0.25) is 0 Å². The molecule has 1 N–H and O–H groups in total. The number of halogens is 3. The molecule has 0 atom stereocenters. The standard InChI is InChI=1S/C16H20.C4H7F3O.C2H6O.C2H6/c1-13(2)8-7-9-14(3)12-16-11-6-5-10-15(16)4;1-3(2,8)4(5,6)7;1-3-2;1-2/h5-6,10-13H,8H2,1-4H3;8H,1-2H3;1-2H3;1-2H3/b14-12+;;;. The van der Waals surface area contributed by atoms with Crippen molar-refractivity contribution in [2.45, 2.75) is 73.6 Å². The first-order valence-corrected chi connectivity index (χ1v) is 9.68. The molecule has 0 spiro atoms. The molecule has 1 aromatic rings. The highest BCUT2D eigenvalue weighted by atomic mass is 19.4. The maximum absolute atomic E-state index is 11.3. The summed E-state index contributed by atoms with van der Waals surface area (Å²) in [5, 5.41) is 8.23. The summed E-state index contributed by atoms with van der Waals surface area (Å²) in [6.07, 6.45) is -1.38. The number of alkyl halides is 3. The molecule has 1 aromatic carbocycles. The van der Waals surface area contributed by atoms with Crippen LogP contribution in [-0.2, 0) is 4.74 Å². The zero-order valence-corrected chi connectivity index (χ0v) is 19.7. The summed E-state index contributed by atoms with van der Waals surface area (Å²) in [5.74, 6) is 7.06. The minimum atomic E-state index is -4.51. The maximum Gasteiger partial charge on any atom is 0.416 e. The van der Waals surface area contributed by atoms with E-state index in [9.17, 15) is 13.2 Å². The van der Waals surface area contributed by atoms with Crippen LogP contribution in [0.3, 0.4) is 0 Å². The Morgan fingerprint density at radius 3 is 1.90 bits per heavy atom. The number of hydrogen-bond acceptors (Lipinski definition) is 2. The Balaban J connectivity index is -0.000000436. The van der Waals surface area contributed by atoms with Crippen LogP contribution >= 0.6 is 0 Å². The molecule has 0 amide bonds. The van der Waals surface area contributed by atoms with E-state index in [-0.39, 0.29) is 0 Å². The summed E-state index contributed by atoms with van der Waals surface area (Å²) in [6, 6.07) is 8.38. The molecule has 0 saturated carbocycles. The first kappa shape index (κ1) is 31.9. The Labute approximate surface area is 176 Å². The largest absolute Gasteiger partial charge is 0.416 e. The lowest BCUT2D eigenvalue weighted by Gasteiger charge is -2.20. The fraction of sp³-hybridized carbons (Fsp3) is 0.583. The van der Waals surface area contributed by atoms with Gasteiger partial charge in [0.25, 0.3) is 0 Å². The van der Waals surface area contributed by atoms with Crippen LogP contribution in [0.25, 0.3) is 6.08 Å². The van der Waals surface area contributed by atoms with Gasteiger partial charge in [-0.05, 0) is 56.4 Å². The third-order valence-corrected chi connectivity index (χ3v) is 3.05. The summed E-state index contributed by atoms with van der Waals surface area (Å²) >= 11 is 0. The molecule has 5 heteroatoms. The normalized spacial score (nSPS) is 10.9. The molecule has 0 fully saturated rings. The predicted octanol–water partition coefficient (Wildman–Crippen LogP) is 7.06. The number of methoxy groups -OCH3 is 1. The van der Waals surface area contributed by atoms with Crippen molar-refractivity contribution >= 4 is 6.08 Å². The van der Waals surface area contributed by atoms with Crippen molar-refractivity contribution in [1.29, 1.82) is 0 Å². The predicted molar refractivity (Wildman–Crippen MR) is 119 cm³/mol. The number of aryl methyl sites for hydroxylation is 1. The van der Waals surface area contributed by atoms with Gasteiger partial charge in [-0.25, -0.2) is 0 Å². The summed E-state index contributed by atoms with van der Waals surface area (Å²) < 4.78 is 38.2. The molecule has 168 valence electrons. The van der Waals surface area contributed by atoms with E-state index in [1.807, 2.05) is 13.8 Å². The fourth-order valence-corrected chi connectivity index (χ4v) is 1.41. The van der Waals surface area contributed by atoms with Gasteiger partial charge in [0.15, 0.2) is 5.60 Å². The van der Waals surface area contributed by atoms with Crippen LogP contribution in [0.1, 0.15) is 66.0 Å². The van der Waals surface area contributed by atoms with Crippen molar-refractivity contribution in [1.82, 2.24) is 0 Å². The fourth-order valence-electron chi connectivity index (χ4n) is 1.41. The first-order chi connectivity index (χ1) is 13.3. The van der Waals surface area contributed by atoms with Gasteiger partial charge in [0.05, 0.1) is 0 Å². The molecule has 0 radical (unpaired) electrons. The van der Waals surface area contributed by atoms with Crippen molar-refractivity contribution in [2.24, 2.45) is 5.92 Å². The molecule has 0 bridgehead atoms. The Hall–Kier alpha value is -1.77. The maximum atomic E-state index is 11.3. The molecule has 0 saturated heterocycles. The lowest BCUT2D eigenvalue weighted by molar-refractivity contribution is -0.245. The number of allylic oxidation sites excluding steroid dienone is 1. The highest BCUT2D eigenvalue weighted by molar-refractivity contribution is 5.60. The van der Waals surface area contributed by atoms with Crippen LogP contribution in [0, 0.1) is 24.7 Å². The van der Waals surface area contributed by atoms with Gasteiger partial charge in [-0.15, -0.1) is 0 Å². The van der Waals surface area contributed by atoms with Crippen LogP contribution in [-0.4, -0.2) is 31.1 Å². The number of hydrogen-bond donors (Lipinski definition) is 1. The van der Waals surface area contributed by atoms with Gasteiger partial charge in [-0.2, -0.15) is 13.2 Å². The van der Waals surface area contributed by atoms with Gasteiger partial charge >= 0.3 is 6.18 Å². The Morgan fingerprint density at radius 2 is 1.55 bits per heavy atom. The topological polar surface area (TPSA) is 29.5 Å². The van der Waals surface area contributed by atoms with E-state index >= 15 is 0 Å². The van der Waals surface area contributed by atoms with E-state index in [2.05, 4.69) is 74.6 Å². The number of ether oxygens (including phenoxy) is 1. The van der Waals surface area contributed by atoms with Crippen LogP contribution in [0.5, 0.6) is 0 Å². The van der Waals surface area contributed by atoms with Crippen molar-refractivity contribution in [3.63, 3.8) is 0 Å². The van der Waals surface area contributed by atoms with Gasteiger partial charge in [0, 0.05) is 20.6 Å². The quantitative estimate of drug-likeness (QED) is 0.523. The van der Waals surface area contributed by atoms with Crippen LogP contribution in [0.15, 0.2) is 29.8 Å². The average Bonchev–Trinajstić information content (AvgIpc) is 2.58. The SMILES string of the molecule is C/C(C#CCC(C)C)=C\c1ccccc1C.CC.CC(C)(O)C(F)(F)F.COC. The smallest absolute Gasteiger partial charge is 0.388 e. The molecular formula is C24H39F3O2. The number of benzene rings is 1. The van der Waals surface area contributed by atoms with E-state index in [4.69, 9.17) is 5.11 Å². The number of aliphatic hydroxyl groups is 1. The van der Waals surface area contributed by atoms with Gasteiger partial charge < -0.3 is 9.84 Å². The molecule has 0 aliphatic carbocycles. The zero-order valence-electron chi connectivity index (χ0n) is 19.7. The van der Waals surface area contributed by atoms with E-state index in [1.54, 1.807) is 14.2 Å². The third kappa shape index (κ3) is 19.3. The van der Waals surface area contributed by atoms with Crippen LogP contribution in [0.4, 0.5) is 13.2 Å². The summed E-state index contributed by atoms with van der Waals surface area (Å²) in [6.45, 7) is 14.0. The monoisotopic (exact) mass is 416 g/mol. The van der Waals surface area contributed by atoms with Crippen molar-refractivity contribution < 1.29 is 23.0 Å². The molecular weight excluding hydrogens is 377 g/mol. The Bertz CT molecular complexity index is 601. The van der Waals surface area contributed by atoms with E-state index in [1.165, 1.54) is 11.1 Å². The van der Waals surface area contributed by atoms with Crippen LogP contribution < -0.4 is 0 Å². The molecule has 2 nitrogen and oxygen atoms in total. The zero-order chi connectivity index (χ0) is 23.7. The molecule has 0 aliphatic heterocycles. The van der Waals surface area contributed by atoms with Crippen LogP contribution in [0.2, 0.25) is 0 Å². The highest BCUT2D eigenvalue weighted by Crippen LogP contribution is 2.28. The number of rotatable bonds is 2. The Kier molecular flexibility index (Phi) is 18.8. The lowest BCUT2D eigenvalue weighted by Crippen LogP contribution is -2.38. The van der Waals surface area contributed by atoms with Gasteiger partial charge in [-0.1, -0.05) is 63.8 Å². The van der Waals surface area contributed by atoms with E-state index < -0.39 is 11.8 Å². The third-order valence-electron chi connectivity index (χ3n) is 3.05. The average molecular weight is 417 g/mol. The van der Waals surface area contributed by atoms with Crippen molar-refractivity contribution in [3.8, 4) is 11.8 Å². The van der Waals surface area contributed by atoms with E-state index in [0.717, 1.165) is 12.0 Å². The summed E-state index contributed by atoms with van der Waals surface area (Å²) in [5.41, 5.74) is 1.13. The Morgan fingerprint density at radius 1 is 1.14 bits per heavy atom. The second kappa shape index (κ2) is 17.1. The van der Waals surface area contributed by atoms with Gasteiger partial charge in [0.1, 0.15) is 0 Å². The molecule has 0 heterocycles. The molecule has 0 aliphatic rings. The lowest BCUT2D eigenvalue weighted by atomic mass is 10.1.